The van der Waals surface area contributed by atoms with Crippen LogP contribution in [0.25, 0.3) is 22.3 Å². The van der Waals surface area contributed by atoms with Crippen molar-refractivity contribution >= 4 is 45.0 Å². The van der Waals surface area contributed by atoms with Gasteiger partial charge in [0.1, 0.15) is 0 Å². The first-order valence-corrected chi connectivity index (χ1v) is 26.4. The first-order valence-electron chi connectivity index (χ1n) is 26.4. The Morgan fingerprint density at radius 1 is 0.279 bits per heavy atom. The number of rotatable bonds is 22. The average molecular weight is 893 g/mol. The van der Waals surface area contributed by atoms with Crippen molar-refractivity contribution in [2.75, 3.05) is 22.9 Å². The second-order valence-corrected chi connectivity index (χ2v) is 19.1. The maximum atomic E-state index is 2.70. The highest BCUT2D eigenvalue weighted by atomic mass is 15.2. The molecule has 68 heavy (non-hydrogen) atoms. The summed E-state index contributed by atoms with van der Waals surface area (Å²) in [6, 6.07) is 68.4. The molecule has 7 aromatic carbocycles. The minimum atomic E-state index is 0.971. The van der Waals surface area contributed by atoms with Crippen molar-refractivity contribution in [2.24, 2.45) is 0 Å². The Bertz CT molecular complexity index is 2470. The maximum Gasteiger partial charge on any atom is 0.0498 e. The number of fused-ring (bicyclic) bond motifs is 4. The van der Waals surface area contributed by atoms with Crippen molar-refractivity contribution in [3.8, 4) is 0 Å². The van der Waals surface area contributed by atoms with Crippen LogP contribution in [0.5, 0.6) is 0 Å². The summed E-state index contributed by atoms with van der Waals surface area (Å²) in [6.07, 6.45) is 20.7. The van der Waals surface area contributed by atoms with Gasteiger partial charge in [0.2, 0.25) is 0 Å². The van der Waals surface area contributed by atoms with E-state index in [0.717, 1.165) is 25.9 Å². The lowest BCUT2D eigenvalue weighted by atomic mass is 9.78. The Kier molecular flexibility index (Phi) is 16.2. The topological polar surface area (TPSA) is 6.48 Å². The van der Waals surface area contributed by atoms with Crippen LogP contribution in [0.1, 0.15) is 161 Å². The minimum Gasteiger partial charge on any atom is -0.340 e. The molecule has 0 bridgehead atoms. The smallest absolute Gasteiger partial charge is 0.0498 e. The van der Waals surface area contributed by atoms with Crippen LogP contribution in [-0.2, 0) is 0 Å². The molecule has 0 amide bonds. The predicted molar refractivity (Wildman–Crippen MR) is 294 cm³/mol. The van der Waals surface area contributed by atoms with Crippen molar-refractivity contribution < 1.29 is 0 Å². The van der Waals surface area contributed by atoms with E-state index in [1.165, 1.54) is 179 Å². The quantitative estimate of drug-likeness (QED) is 0.0626. The minimum absolute atomic E-state index is 0.971. The van der Waals surface area contributed by atoms with Crippen LogP contribution in [0.4, 0.5) is 22.7 Å². The van der Waals surface area contributed by atoms with Gasteiger partial charge in [0.15, 0.2) is 0 Å². The number of unbranched alkanes of at least 4 members (excludes halogenated alkanes) is 14. The summed E-state index contributed by atoms with van der Waals surface area (Å²) >= 11 is 0. The molecule has 2 aliphatic heterocycles. The van der Waals surface area contributed by atoms with E-state index in [0.29, 0.717) is 0 Å². The fourth-order valence-corrected chi connectivity index (χ4v) is 11.0. The van der Waals surface area contributed by atoms with Gasteiger partial charge in [-0.15, -0.1) is 0 Å². The van der Waals surface area contributed by atoms with E-state index in [-0.39, 0.29) is 0 Å². The van der Waals surface area contributed by atoms with Gasteiger partial charge in [0.05, 0.1) is 0 Å². The predicted octanol–water partition coefficient (Wildman–Crippen LogP) is 18.9. The molecule has 0 spiro atoms. The molecule has 346 valence electrons. The lowest BCUT2D eigenvalue weighted by Crippen LogP contribution is -2.28. The summed E-state index contributed by atoms with van der Waals surface area (Å²) in [5.74, 6) is 0. The van der Waals surface area contributed by atoms with Crippen molar-refractivity contribution in [3.05, 3.63) is 226 Å². The average Bonchev–Trinajstić information content (AvgIpc) is 3.39. The van der Waals surface area contributed by atoms with Gasteiger partial charge in [-0.3, -0.25) is 0 Å². The van der Waals surface area contributed by atoms with Crippen LogP contribution in [0.2, 0.25) is 0 Å². The first kappa shape index (κ1) is 46.7. The van der Waals surface area contributed by atoms with E-state index in [2.05, 4.69) is 206 Å². The Morgan fingerprint density at radius 3 is 0.882 bits per heavy atom. The fourth-order valence-electron chi connectivity index (χ4n) is 11.0. The van der Waals surface area contributed by atoms with Crippen molar-refractivity contribution in [2.45, 2.75) is 117 Å². The molecule has 2 nitrogen and oxygen atoms in total. The number of anilines is 4. The summed E-state index contributed by atoms with van der Waals surface area (Å²) < 4.78 is 0. The van der Waals surface area contributed by atoms with Crippen LogP contribution < -0.4 is 9.80 Å². The third-order valence-electron chi connectivity index (χ3n) is 14.4. The molecular formula is C66H72N2. The zero-order valence-electron chi connectivity index (χ0n) is 40.9. The second kappa shape index (κ2) is 23.6. The molecule has 2 heterocycles. The van der Waals surface area contributed by atoms with Crippen LogP contribution in [0.15, 0.2) is 182 Å². The van der Waals surface area contributed by atoms with Crippen molar-refractivity contribution in [3.63, 3.8) is 0 Å². The zero-order chi connectivity index (χ0) is 46.3. The summed E-state index contributed by atoms with van der Waals surface area (Å²) in [5.41, 5.74) is 20.6. The van der Waals surface area contributed by atoms with Crippen LogP contribution in [0, 0.1) is 0 Å². The van der Waals surface area contributed by atoms with Crippen LogP contribution in [0.3, 0.4) is 0 Å². The molecule has 0 saturated heterocycles. The van der Waals surface area contributed by atoms with Gasteiger partial charge in [-0.25, -0.2) is 0 Å². The van der Waals surface area contributed by atoms with Crippen molar-refractivity contribution in [1.29, 1.82) is 0 Å². The first-order chi connectivity index (χ1) is 33.8. The number of benzene rings is 7. The third-order valence-corrected chi connectivity index (χ3v) is 14.4. The zero-order valence-corrected chi connectivity index (χ0v) is 40.9. The van der Waals surface area contributed by atoms with E-state index >= 15 is 0 Å². The van der Waals surface area contributed by atoms with E-state index in [9.17, 15) is 0 Å². The van der Waals surface area contributed by atoms with E-state index in [1.54, 1.807) is 0 Å². The second-order valence-electron chi connectivity index (χ2n) is 19.1. The van der Waals surface area contributed by atoms with Gasteiger partial charge >= 0.3 is 0 Å². The highest BCUT2D eigenvalue weighted by Gasteiger charge is 2.35. The Balaban J connectivity index is 1.29. The van der Waals surface area contributed by atoms with Gasteiger partial charge in [-0.2, -0.15) is 0 Å². The number of nitrogens with zero attached hydrogens (tertiary/aromatic N) is 2. The number of hydrogen-bond donors (Lipinski definition) is 0. The molecule has 0 aliphatic carbocycles. The van der Waals surface area contributed by atoms with Gasteiger partial charge < -0.3 is 9.80 Å². The molecule has 0 radical (unpaired) electrons. The third kappa shape index (κ3) is 10.5. The Hall–Kier alpha value is -6.38. The standard InChI is InChI=1S/C66H72N2/c1-3-5-7-9-11-13-15-33-47-67-59-45-31-29-43-55(59)65(63(51-35-21-17-22-36-51)52-37-23-18-24-38-52)57-50-62-58(49-61(57)67)66(64(53-39-25-19-26-40-53)54-41-27-20-28-42-54)56-44-30-32-46-60(56)68(62)48-34-16-14-12-10-8-6-4-2/h17-32,35-46,49-50H,3-16,33-34,47-48H2,1-2H3. The fraction of sp³-hybridized carbons (Fsp3) is 0.303. The van der Waals surface area contributed by atoms with Crippen molar-refractivity contribution in [1.82, 2.24) is 0 Å². The lowest BCUT2D eigenvalue weighted by Gasteiger charge is -2.41. The Morgan fingerprint density at radius 2 is 0.559 bits per heavy atom. The van der Waals surface area contributed by atoms with E-state index < -0.39 is 0 Å². The summed E-state index contributed by atoms with van der Waals surface area (Å²) in [5, 5.41) is 0. The monoisotopic (exact) mass is 893 g/mol. The highest BCUT2D eigenvalue weighted by molar-refractivity contribution is 6.16. The highest BCUT2D eigenvalue weighted by Crippen LogP contribution is 2.56. The van der Waals surface area contributed by atoms with E-state index in [4.69, 9.17) is 0 Å². The van der Waals surface area contributed by atoms with Gasteiger partial charge in [0, 0.05) is 69.2 Å². The molecule has 2 aliphatic rings. The van der Waals surface area contributed by atoms with Gasteiger partial charge in [-0.05, 0) is 70.5 Å². The summed E-state index contributed by atoms with van der Waals surface area (Å²) in [7, 11) is 0. The number of para-hydroxylation sites is 2. The lowest BCUT2D eigenvalue weighted by molar-refractivity contribution is 0.576. The van der Waals surface area contributed by atoms with E-state index in [1.807, 2.05) is 0 Å². The molecule has 7 aromatic rings. The van der Waals surface area contributed by atoms with Crippen LogP contribution >= 0.6 is 0 Å². The van der Waals surface area contributed by atoms with Gasteiger partial charge in [-0.1, -0.05) is 261 Å². The molecule has 0 N–H and O–H groups in total. The summed E-state index contributed by atoms with van der Waals surface area (Å²) in [6.45, 7) is 6.56. The molecule has 0 saturated carbocycles. The number of hydrogen-bond acceptors (Lipinski definition) is 2. The molecule has 0 fully saturated rings. The van der Waals surface area contributed by atoms with Crippen LogP contribution in [-0.4, -0.2) is 13.1 Å². The Labute approximate surface area is 409 Å². The van der Waals surface area contributed by atoms with Gasteiger partial charge in [0.25, 0.3) is 0 Å². The largest absolute Gasteiger partial charge is 0.340 e. The maximum absolute atomic E-state index is 2.70. The molecule has 2 heteroatoms. The molecule has 0 aromatic heterocycles. The summed E-state index contributed by atoms with van der Waals surface area (Å²) in [4.78, 5) is 5.40. The molecule has 0 unspecified atom stereocenters. The molecule has 0 atom stereocenters. The SMILES string of the molecule is CCCCCCCCCCN1c2ccccc2C(=C(c2ccccc2)c2ccccc2)c2cc3c(cc21)C(=C(c1ccccc1)c1ccccc1)c1ccccc1N3CCCCCCCCCC. The molecular weight excluding hydrogens is 821 g/mol. The normalized spacial score (nSPS) is 12.6. The molecule has 9 rings (SSSR count).